The molecule has 0 saturated carbocycles. The van der Waals surface area contributed by atoms with Crippen LogP contribution in [-0.4, -0.2) is 147 Å². The number of aliphatic hydroxyl groups is 1. The molecule has 2 aliphatic heterocycles. The Morgan fingerprint density at radius 3 is 1.04 bits per heavy atom. The van der Waals surface area contributed by atoms with Crippen LogP contribution in [0.15, 0.2) is 152 Å². The molecule has 0 bridgehead atoms. The van der Waals surface area contributed by atoms with Crippen LogP contribution in [-0.2, 0) is 118 Å². The Morgan fingerprint density at radius 2 is 0.693 bits per heavy atom. The summed E-state index contributed by atoms with van der Waals surface area (Å²) in [4.78, 5) is 103. The molecule has 0 radical (unpaired) electrons. The maximum absolute atomic E-state index is 15.3. The third-order valence-corrected chi connectivity index (χ3v) is 21.3. The lowest BCUT2D eigenvalue weighted by Crippen LogP contribution is -2.68. The van der Waals surface area contributed by atoms with Gasteiger partial charge in [-0.1, -0.05) is 308 Å². The number of rotatable bonds is 59. The summed E-state index contributed by atoms with van der Waals surface area (Å²) in [6.45, 7) is 7.51. The van der Waals surface area contributed by atoms with Gasteiger partial charge in [-0.25, -0.2) is 9.13 Å². The highest BCUT2D eigenvalue weighted by atomic mass is 31.2. The van der Waals surface area contributed by atoms with E-state index in [0.29, 0.717) is 56.9 Å². The second kappa shape index (κ2) is 54.0. The predicted molar refractivity (Wildman–Crippen MR) is 431 cm³/mol. The third kappa shape index (κ3) is 38.1. The Kier molecular flexibility index (Phi) is 45.0. The number of amides is 2. The Morgan fingerprint density at radius 1 is 0.377 bits per heavy atom. The van der Waals surface area contributed by atoms with Gasteiger partial charge in [0.2, 0.25) is 11.8 Å². The van der Waals surface area contributed by atoms with E-state index in [-0.39, 0.29) is 58.7 Å². The van der Waals surface area contributed by atoms with Gasteiger partial charge in [-0.2, -0.15) is 0 Å². The first-order chi connectivity index (χ1) is 55.2. The van der Waals surface area contributed by atoms with E-state index >= 15 is 9.59 Å². The van der Waals surface area contributed by atoms with E-state index in [2.05, 4.69) is 38.3 Å². The van der Waals surface area contributed by atoms with Crippen molar-refractivity contribution in [2.45, 2.75) is 326 Å². The van der Waals surface area contributed by atoms with Gasteiger partial charge in [0, 0.05) is 0 Å². The summed E-state index contributed by atoms with van der Waals surface area (Å²) < 4.78 is 103. The third-order valence-electron chi connectivity index (χ3n) is 20.3. The quantitative estimate of drug-likeness (QED) is 0.00823. The highest BCUT2D eigenvalue weighted by molar-refractivity contribution is 7.46. The molecule has 114 heavy (non-hydrogen) atoms. The number of benzene rings is 5. The normalized spacial score (nSPS) is 21.0. The highest BCUT2D eigenvalue weighted by Crippen LogP contribution is 2.44. The van der Waals surface area contributed by atoms with Crippen LogP contribution >= 0.6 is 15.6 Å². The zero-order valence-corrected chi connectivity index (χ0v) is 69.0. The number of esters is 2. The van der Waals surface area contributed by atoms with Crippen molar-refractivity contribution in [1.82, 2.24) is 10.6 Å². The molecule has 14 atom stereocenters. The fourth-order valence-corrected chi connectivity index (χ4v) is 15.1. The van der Waals surface area contributed by atoms with Crippen molar-refractivity contribution in [3.63, 3.8) is 0 Å². The summed E-state index contributed by atoms with van der Waals surface area (Å²) in [5, 5.41) is 18.7. The lowest BCUT2D eigenvalue weighted by molar-refractivity contribution is -0.298. The van der Waals surface area contributed by atoms with Gasteiger partial charge in [-0.15, -0.1) is 0 Å². The number of hydrogen-bond acceptors (Lipinski definition) is 19. The van der Waals surface area contributed by atoms with Gasteiger partial charge >= 0.3 is 27.6 Å². The molecule has 0 aliphatic carbocycles. The van der Waals surface area contributed by atoms with E-state index in [1.807, 2.05) is 127 Å². The molecule has 25 nitrogen and oxygen atoms in total. The molecule has 0 unspecified atom stereocenters. The minimum Gasteiger partial charge on any atom is -0.457 e. The van der Waals surface area contributed by atoms with Crippen LogP contribution < -0.4 is 10.6 Å². The molecule has 27 heteroatoms. The van der Waals surface area contributed by atoms with Crippen molar-refractivity contribution in [3.8, 4) is 0 Å². The predicted octanol–water partition coefficient (Wildman–Crippen LogP) is 15.8. The van der Waals surface area contributed by atoms with Gasteiger partial charge in [0.05, 0.1) is 96.3 Å². The monoisotopic (exact) mass is 1630 g/mol. The van der Waals surface area contributed by atoms with Crippen molar-refractivity contribution < 1.29 is 109 Å². The summed E-state index contributed by atoms with van der Waals surface area (Å²) in [7, 11) is -11.3. The number of nitrogens with one attached hydrogen (secondary N) is 2. The maximum Gasteiger partial charge on any atom is 0.472 e. The van der Waals surface area contributed by atoms with Crippen molar-refractivity contribution >= 4 is 39.4 Å². The number of carbonyl (C=O) groups excluding carboxylic acids is 4. The summed E-state index contributed by atoms with van der Waals surface area (Å²) >= 11 is 0. The van der Waals surface area contributed by atoms with Crippen molar-refractivity contribution in [3.05, 3.63) is 179 Å². The molecule has 7 rings (SSSR count). The van der Waals surface area contributed by atoms with Crippen LogP contribution in [0, 0.1) is 0 Å². The van der Waals surface area contributed by atoms with Crippen molar-refractivity contribution in [2.75, 3.05) is 13.2 Å². The largest absolute Gasteiger partial charge is 0.472 e. The van der Waals surface area contributed by atoms with Gasteiger partial charge in [0.25, 0.3) is 0 Å². The molecule has 7 N–H and O–H groups in total. The summed E-state index contributed by atoms with van der Waals surface area (Å²) in [5.74, 6) is -3.29. The number of ether oxygens (including phenoxy) is 10. The first-order valence-electron chi connectivity index (χ1n) is 41.5. The average molecular weight is 1630 g/mol. The maximum atomic E-state index is 15.3. The van der Waals surface area contributed by atoms with Crippen molar-refractivity contribution in [1.29, 1.82) is 0 Å². The molecule has 2 aliphatic rings. The van der Waals surface area contributed by atoms with Gasteiger partial charge in [-0.05, 0) is 53.5 Å². The highest BCUT2D eigenvalue weighted by Gasteiger charge is 2.55. The zero-order chi connectivity index (χ0) is 81.6. The van der Waals surface area contributed by atoms with Gasteiger partial charge in [0.1, 0.15) is 36.5 Å². The van der Waals surface area contributed by atoms with Gasteiger partial charge in [0.15, 0.2) is 24.8 Å². The van der Waals surface area contributed by atoms with Gasteiger partial charge in [-0.3, -0.25) is 28.2 Å². The Hall–Kier alpha value is -6.16. The number of phosphoric acid groups is 2. The van der Waals surface area contributed by atoms with Crippen LogP contribution in [0.1, 0.15) is 235 Å². The standard InChI is InChI=1S/C87H128N2O23P2/c1-5-9-13-17-36-50-70(102-59-66-42-28-22-29-43-66)54-76(90)88-80-84(109-78(92)56-72(52-38-19-15-11-7-3)104-61-68-46-32-24-33-47-68)82(94)74(107-87(80)112-114(98,99)100)64-106-86-81(89-77(91)55-71(51-37-18-14-10-6-2)103-60-67-44-30-23-31-45-67)85(83(111-113(95,96)97)75(108-86)63-101-58-65-40-26-21-27-41-65)110-79(93)57-73(53-39-20-16-12-8-4)105-62-69-48-34-25-35-49-69/h21-35,40-49,70-75,80-87,94H,5-20,36-39,50-64H2,1-4H3,(H,88,90)(H,89,91)(H2,95,96,97)(H2,98,99,100)/t70-,71-,72-,73-,74-,75-,80-,81-,82-,83-,84-,85-,86-,87-/m1/s1/i86+1. The van der Waals surface area contributed by atoms with E-state index in [9.17, 15) is 43.4 Å². The summed E-state index contributed by atoms with van der Waals surface area (Å²) in [6.07, 6.45) is 0.172. The minimum atomic E-state index is -5.66. The summed E-state index contributed by atoms with van der Waals surface area (Å²) in [6, 6.07) is 42.9. The van der Waals surface area contributed by atoms with Crippen LogP contribution in [0.2, 0.25) is 0 Å². The number of aliphatic hydroxyl groups excluding tert-OH is 1. The molecule has 0 aromatic heterocycles. The Labute approximate surface area is 675 Å². The molecule has 2 fully saturated rings. The number of unbranched alkanes of at least 4 members (excludes halogenated alkanes) is 16. The lowest BCUT2D eigenvalue weighted by Gasteiger charge is -2.47. The number of phosphoric ester groups is 2. The van der Waals surface area contributed by atoms with Crippen molar-refractivity contribution in [2.24, 2.45) is 0 Å². The fourth-order valence-electron chi connectivity index (χ4n) is 14.1. The molecular weight excluding hydrogens is 1500 g/mol. The minimum absolute atomic E-state index is 0.0683. The van der Waals surface area contributed by atoms with E-state index in [1.165, 1.54) is 0 Å². The van der Waals surface area contributed by atoms with Gasteiger partial charge < -0.3 is 82.7 Å². The number of carbonyl (C=O) groups is 4. The van der Waals surface area contributed by atoms with Crippen LogP contribution in [0.4, 0.5) is 0 Å². The lowest BCUT2D eigenvalue weighted by atomic mass is 9.96. The smallest absolute Gasteiger partial charge is 0.457 e. The van der Waals surface area contributed by atoms with Crippen LogP contribution in [0.3, 0.4) is 0 Å². The zero-order valence-electron chi connectivity index (χ0n) is 67.2. The second-order valence-corrected chi connectivity index (χ2v) is 32.3. The molecule has 5 aromatic rings. The van der Waals surface area contributed by atoms with E-state index in [4.69, 9.17) is 56.4 Å². The fraction of sp³-hybridized carbons (Fsp3) is 0.609. The van der Waals surface area contributed by atoms with Crippen LogP contribution in [0.25, 0.3) is 0 Å². The number of hydrogen-bond donors (Lipinski definition) is 7. The molecule has 2 heterocycles. The van der Waals surface area contributed by atoms with E-state index < -0.39 is 138 Å². The average Bonchev–Trinajstić information content (AvgIpc) is 0.752. The van der Waals surface area contributed by atoms with E-state index in [1.54, 1.807) is 24.3 Å². The first kappa shape index (κ1) is 95.0. The summed E-state index contributed by atoms with van der Waals surface area (Å²) in [5.41, 5.74) is 4.07. The molecular formula is C87H128N2O23P2. The Balaban J connectivity index is 1.30. The molecule has 634 valence electrons. The molecule has 2 saturated heterocycles. The molecule has 0 spiro atoms. The second-order valence-electron chi connectivity index (χ2n) is 30.0. The van der Waals surface area contributed by atoms with Crippen LogP contribution in [0.5, 0.6) is 0 Å². The Bertz CT molecular complexity index is 3510. The topological polar surface area (TPSA) is 338 Å². The SMILES string of the molecule is CCCCCCC[C@H](CC(=O)N[C@H]1[C@@H](OP(=O)(O)O)O[C@H](CO[13C@@H]2O[C@H](COCc3ccccc3)[C@@H](OP(=O)(O)O)[C@H](OC(=O)C[C@@H](CCCCCCC)OCc3ccccc3)[C@H]2NC(=O)C[C@@H](CCCCCCC)OCc2ccccc2)[C@@H](O)[C@@H]1OC(=O)C[C@@H](CCCCCCC)OCc1ccccc1)OCc1ccccc1. The first-order valence-corrected chi connectivity index (χ1v) is 44.5. The van der Waals surface area contributed by atoms with E-state index in [0.717, 1.165) is 125 Å². The molecule has 2 amide bonds. The molecule has 5 aromatic carbocycles.